The number of aryl methyl sites for hydroxylation is 2. The van der Waals surface area contributed by atoms with E-state index < -0.39 is 5.97 Å². The predicted octanol–water partition coefficient (Wildman–Crippen LogP) is 5.37. The van der Waals surface area contributed by atoms with E-state index in [9.17, 15) is 9.18 Å². The van der Waals surface area contributed by atoms with Gasteiger partial charge < -0.3 is 14.7 Å². The maximum Gasteiger partial charge on any atom is 0.303 e. The molecule has 1 aliphatic heterocycles. The molecule has 1 heterocycles. The largest absolute Gasteiger partial charge is 0.487 e. The number of nitrogens with zero attached hydrogens (tertiary/aromatic N) is 1. The Morgan fingerprint density at radius 2 is 1.77 bits per heavy atom. The van der Waals surface area contributed by atoms with Gasteiger partial charge in [0.05, 0.1) is 5.69 Å². The van der Waals surface area contributed by atoms with Crippen molar-refractivity contribution in [3.8, 4) is 5.75 Å². The van der Waals surface area contributed by atoms with Crippen molar-refractivity contribution in [1.29, 1.82) is 0 Å². The van der Waals surface area contributed by atoms with Crippen LogP contribution in [-0.2, 0) is 30.8 Å². The fourth-order valence-electron chi connectivity index (χ4n) is 4.02. The van der Waals surface area contributed by atoms with Crippen LogP contribution in [0.2, 0.25) is 0 Å². The van der Waals surface area contributed by atoms with Crippen molar-refractivity contribution >= 4 is 11.7 Å². The molecule has 4 nitrogen and oxygen atoms in total. The minimum atomic E-state index is -0.791. The molecule has 0 saturated carbocycles. The van der Waals surface area contributed by atoms with Crippen LogP contribution in [0.25, 0.3) is 0 Å². The fourth-order valence-corrected chi connectivity index (χ4v) is 4.02. The van der Waals surface area contributed by atoms with Crippen LogP contribution in [0.5, 0.6) is 5.75 Å². The molecular weight excluding hydrogens is 393 g/mol. The van der Waals surface area contributed by atoms with Gasteiger partial charge in [0.1, 0.15) is 18.2 Å². The normalized spacial score (nSPS) is 13.0. The summed E-state index contributed by atoms with van der Waals surface area (Å²) in [5.41, 5.74) is 4.98. The number of para-hydroxylation sites is 1. The molecule has 0 unspecified atom stereocenters. The third-order valence-electron chi connectivity index (χ3n) is 5.64. The Balaban J connectivity index is 1.48. The molecule has 160 valence electrons. The Hall–Kier alpha value is -3.34. The summed E-state index contributed by atoms with van der Waals surface area (Å²) < 4.78 is 20.4. The summed E-state index contributed by atoms with van der Waals surface area (Å²) in [6.45, 7) is 1.79. The number of hydrogen-bond donors (Lipinski definition) is 1. The minimum absolute atomic E-state index is 0.129. The zero-order valence-electron chi connectivity index (χ0n) is 17.4. The lowest BCUT2D eigenvalue weighted by molar-refractivity contribution is -0.136. The first-order valence-electron chi connectivity index (χ1n) is 10.6. The second kappa shape index (κ2) is 9.65. The lowest BCUT2D eigenvalue weighted by atomic mass is 10.00. The van der Waals surface area contributed by atoms with Gasteiger partial charge in [0.25, 0.3) is 0 Å². The lowest BCUT2D eigenvalue weighted by Gasteiger charge is -2.33. The average molecular weight is 419 g/mol. The summed E-state index contributed by atoms with van der Waals surface area (Å²) in [5.74, 6) is -0.166. The first-order chi connectivity index (χ1) is 15.1. The highest BCUT2D eigenvalue weighted by Crippen LogP contribution is 2.37. The number of hydrogen-bond acceptors (Lipinski definition) is 3. The summed E-state index contributed by atoms with van der Waals surface area (Å²) in [6, 6.07) is 20.9. The van der Waals surface area contributed by atoms with E-state index >= 15 is 0 Å². The van der Waals surface area contributed by atoms with E-state index in [1.165, 1.54) is 11.6 Å². The zero-order chi connectivity index (χ0) is 21.6. The van der Waals surface area contributed by atoms with E-state index in [0.717, 1.165) is 42.0 Å². The molecule has 0 saturated heterocycles. The molecule has 0 spiro atoms. The van der Waals surface area contributed by atoms with Gasteiger partial charge in [0, 0.05) is 25.1 Å². The van der Waals surface area contributed by atoms with Gasteiger partial charge in [-0.05, 0) is 48.1 Å². The highest BCUT2D eigenvalue weighted by atomic mass is 19.1. The van der Waals surface area contributed by atoms with E-state index in [4.69, 9.17) is 9.84 Å². The molecule has 3 aromatic rings. The summed E-state index contributed by atoms with van der Waals surface area (Å²) in [5, 5.41) is 8.82. The number of benzene rings is 3. The topological polar surface area (TPSA) is 49.8 Å². The molecule has 5 heteroatoms. The molecule has 0 atom stereocenters. The van der Waals surface area contributed by atoms with Crippen LogP contribution in [0.1, 0.15) is 35.1 Å². The Bertz CT molecular complexity index is 1050. The average Bonchev–Trinajstić information content (AvgIpc) is 2.78. The number of rotatable bonds is 8. The van der Waals surface area contributed by atoms with Crippen molar-refractivity contribution < 1.29 is 19.0 Å². The van der Waals surface area contributed by atoms with E-state index in [-0.39, 0.29) is 12.2 Å². The highest BCUT2D eigenvalue weighted by Gasteiger charge is 2.22. The van der Waals surface area contributed by atoms with Crippen molar-refractivity contribution in [2.45, 2.75) is 38.8 Å². The summed E-state index contributed by atoms with van der Waals surface area (Å²) in [6.07, 6.45) is 2.67. The first-order valence-corrected chi connectivity index (χ1v) is 10.6. The van der Waals surface area contributed by atoms with E-state index in [0.29, 0.717) is 25.1 Å². The molecule has 0 fully saturated rings. The van der Waals surface area contributed by atoms with E-state index in [1.54, 1.807) is 6.07 Å². The first kappa shape index (κ1) is 20.9. The number of ether oxygens (including phenoxy) is 1. The molecule has 4 rings (SSSR count). The van der Waals surface area contributed by atoms with Crippen LogP contribution in [0.15, 0.2) is 66.7 Å². The summed E-state index contributed by atoms with van der Waals surface area (Å²) >= 11 is 0. The van der Waals surface area contributed by atoms with Gasteiger partial charge in [-0.25, -0.2) is 4.39 Å². The van der Waals surface area contributed by atoms with Gasteiger partial charge in [-0.1, -0.05) is 54.6 Å². The monoisotopic (exact) mass is 419 g/mol. The number of halogens is 1. The second-order valence-electron chi connectivity index (χ2n) is 7.88. The van der Waals surface area contributed by atoms with Gasteiger partial charge in [0.2, 0.25) is 0 Å². The molecule has 31 heavy (non-hydrogen) atoms. The SMILES string of the molecule is O=C(O)CCc1ccc(COc2cccc3c2N(Cc2ccccc2F)CCC3)cc1. The third-order valence-corrected chi connectivity index (χ3v) is 5.64. The van der Waals surface area contributed by atoms with Crippen molar-refractivity contribution in [3.63, 3.8) is 0 Å². The molecule has 0 radical (unpaired) electrons. The van der Waals surface area contributed by atoms with Gasteiger partial charge in [-0.3, -0.25) is 4.79 Å². The van der Waals surface area contributed by atoms with Crippen LogP contribution < -0.4 is 9.64 Å². The highest BCUT2D eigenvalue weighted by molar-refractivity contribution is 5.67. The molecule has 0 aromatic heterocycles. The minimum Gasteiger partial charge on any atom is -0.487 e. The number of carboxylic acid groups (broad SMARTS) is 1. The molecule has 1 aliphatic rings. The predicted molar refractivity (Wildman–Crippen MR) is 119 cm³/mol. The molecule has 1 N–H and O–H groups in total. The summed E-state index contributed by atoms with van der Waals surface area (Å²) in [4.78, 5) is 12.9. The van der Waals surface area contributed by atoms with E-state index in [1.807, 2.05) is 48.5 Å². The smallest absolute Gasteiger partial charge is 0.303 e. The maximum atomic E-state index is 14.2. The van der Waals surface area contributed by atoms with Gasteiger partial charge in [0.15, 0.2) is 0 Å². The number of fused-ring (bicyclic) bond motifs is 1. The van der Waals surface area contributed by atoms with Crippen molar-refractivity contribution in [2.75, 3.05) is 11.4 Å². The molecule has 3 aromatic carbocycles. The third kappa shape index (κ3) is 5.23. The Labute approximate surface area is 181 Å². The molecule has 0 aliphatic carbocycles. The number of aliphatic carboxylic acids is 1. The van der Waals surface area contributed by atoms with E-state index in [2.05, 4.69) is 11.0 Å². The van der Waals surface area contributed by atoms with Crippen LogP contribution >= 0.6 is 0 Å². The van der Waals surface area contributed by atoms with Crippen LogP contribution in [0.4, 0.5) is 10.1 Å². The van der Waals surface area contributed by atoms with Crippen LogP contribution in [-0.4, -0.2) is 17.6 Å². The Kier molecular flexibility index (Phi) is 6.51. The Morgan fingerprint density at radius 1 is 1.00 bits per heavy atom. The van der Waals surface area contributed by atoms with Crippen molar-refractivity contribution in [1.82, 2.24) is 0 Å². The number of carboxylic acids is 1. The van der Waals surface area contributed by atoms with Crippen LogP contribution in [0.3, 0.4) is 0 Å². The Morgan fingerprint density at radius 3 is 2.55 bits per heavy atom. The standard InChI is InChI=1S/C26H26FNO3/c27-23-8-2-1-5-22(23)17-28-16-4-7-21-6-3-9-24(26(21)28)31-18-20-12-10-19(11-13-20)14-15-25(29)30/h1-3,5-6,8-13H,4,7,14-18H2,(H,29,30). The van der Waals surface area contributed by atoms with Gasteiger partial charge >= 0.3 is 5.97 Å². The fraction of sp³-hybridized carbons (Fsp3) is 0.269. The lowest BCUT2D eigenvalue weighted by Crippen LogP contribution is -2.29. The quantitative estimate of drug-likeness (QED) is 0.533. The van der Waals surface area contributed by atoms with Crippen molar-refractivity contribution in [3.05, 3.63) is 94.8 Å². The van der Waals surface area contributed by atoms with Crippen molar-refractivity contribution in [2.24, 2.45) is 0 Å². The summed E-state index contributed by atoms with van der Waals surface area (Å²) in [7, 11) is 0. The number of anilines is 1. The van der Waals surface area contributed by atoms with Gasteiger partial charge in [-0.15, -0.1) is 0 Å². The zero-order valence-corrected chi connectivity index (χ0v) is 17.4. The van der Waals surface area contributed by atoms with Crippen LogP contribution in [0, 0.1) is 5.82 Å². The van der Waals surface area contributed by atoms with Gasteiger partial charge in [-0.2, -0.15) is 0 Å². The molecule has 0 amide bonds. The maximum absolute atomic E-state index is 14.2. The molecular formula is C26H26FNO3. The molecule has 0 bridgehead atoms. The second-order valence-corrected chi connectivity index (χ2v) is 7.88. The number of carbonyl (C=O) groups is 1.